The number of amides is 1. The van der Waals surface area contributed by atoms with Crippen molar-refractivity contribution in [2.75, 3.05) is 13.2 Å². The summed E-state index contributed by atoms with van der Waals surface area (Å²) in [4.78, 5) is 28.0. The van der Waals surface area contributed by atoms with E-state index in [4.69, 9.17) is 14.2 Å². The Hall–Kier alpha value is -2.42. The van der Waals surface area contributed by atoms with Crippen LogP contribution in [0, 0.1) is 10.1 Å². The number of carbonyl (C=O) groups is 1. The number of nitrogens with zero attached hydrogens (tertiary/aromatic N) is 3. The SMILES string of the molecule is CC(C)(C)OC(=O)N1[C@H](COc2ccc([N+](=O)[O-])cn2)COC1(C)C. The number of pyridine rings is 1. The highest BCUT2D eigenvalue weighted by molar-refractivity contribution is 5.69. The van der Waals surface area contributed by atoms with Crippen LogP contribution in [0.4, 0.5) is 10.5 Å². The van der Waals surface area contributed by atoms with E-state index < -0.39 is 22.3 Å². The predicted molar refractivity (Wildman–Crippen MR) is 88.3 cm³/mol. The quantitative estimate of drug-likeness (QED) is 0.605. The van der Waals surface area contributed by atoms with Crippen LogP contribution in [-0.4, -0.2) is 51.5 Å². The zero-order chi connectivity index (χ0) is 18.8. The third-order valence-electron chi connectivity index (χ3n) is 3.52. The maximum Gasteiger partial charge on any atom is 0.413 e. The summed E-state index contributed by atoms with van der Waals surface area (Å²) in [6, 6.07) is 2.36. The predicted octanol–water partition coefficient (Wildman–Crippen LogP) is 2.74. The Bertz CT molecular complexity index is 638. The molecule has 0 aromatic carbocycles. The molecule has 1 fully saturated rings. The zero-order valence-electron chi connectivity index (χ0n) is 15.0. The molecule has 1 saturated heterocycles. The molecule has 0 bridgehead atoms. The van der Waals surface area contributed by atoms with Gasteiger partial charge in [-0.1, -0.05) is 0 Å². The summed E-state index contributed by atoms with van der Waals surface area (Å²) in [7, 11) is 0. The lowest BCUT2D eigenvalue weighted by Crippen LogP contribution is -2.51. The fourth-order valence-corrected chi connectivity index (χ4v) is 2.43. The van der Waals surface area contributed by atoms with Gasteiger partial charge in [-0.05, 0) is 34.6 Å². The summed E-state index contributed by atoms with van der Waals surface area (Å²) in [5, 5.41) is 10.6. The van der Waals surface area contributed by atoms with E-state index in [-0.39, 0.29) is 24.2 Å². The van der Waals surface area contributed by atoms with Gasteiger partial charge >= 0.3 is 6.09 Å². The number of aromatic nitrogens is 1. The third-order valence-corrected chi connectivity index (χ3v) is 3.52. The fraction of sp³-hybridized carbons (Fsp3) is 0.625. The second-order valence-corrected chi connectivity index (χ2v) is 7.18. The highest BCUT2D eigenvalue weighted by Crippen LogP contribution is 2.29. The molecule has 0 aliphatic carbocycles. The van der Waals surface area contributed by atoms with Gasteiger partial charge < -0.3 is 14.2 Å². The lowest BCUT2D eigenvalue weighted by atomic mass is 10.2. The minimum atomic E-state index is -0.820. The van der Waals surface area contributed by atoms with Crippen LogP contribution in [0.2, 0.25) is 0 Å². The van der Waals surface area contributed by atoms with E-state index in [1.807, 2.05) is 0 Å². The minimum Gasteiger partial charge on any atom is -0.475 e. The zero-order valence-corrected chi connectivity index (χ0v) is 15.0. The van der Waals surface area contributed by atoms with Crippen molar-refractivity contribution in [2.45, 2.75) is 52.0 Å². The fourth-order valence-electron chi connectivity index (χ4n) is 2.43. The van der Waals surface area contributed by atoms with Gasteiger partial charge in [-0.25, -0.2) is 9.78 Å². The van der Waals surface area contributed by atoms with Crippen molar-refractivity contribution in [3.63, 3.8) is 0 Å². The second kappa shape index (κ2) is 6.83. The Morgan fingerprint density at radius 3 is 2.68 bits per heavy atom. The van der Waals surface area contributed by atoms with Gasteiger partial charge in [0.05, 0.1) is 17.6 Å². The molecular weight excluding hydrogens is 330 g/mol. The molecule has 0 radical (unpaired) electrons. The average molecular weight is 353 g/mol. The molecule has 0 saturated carbocycles. The molecule has 1 amide bonds. The lowest BCUT2D eigenvalue weighted by Gasteiger charge is -2.34. The third kappa shape index (κ3) is 4.79. The lowest BCUT2D eigenvalue weighted by molar-refractivity contribution is -0.385. The molecule has 2 heterocycles. The van der Waals surface area contributed by atoms with Crippen LogP contribution in [0.15, 0.2) is 18.3 Å². The van der Waals surface area contributed by atoms with E-state index in [9.17, 15) is 14.9 Å². The van der Waals surface area contributed by atoms with Crippen molar-refractivity contribution >= 4 is 11.8 Å². The molecule has 2 rings (SSSR count). The number of nitro groups is 1. The van der Waals surface area contributed by atoms with Crippen molar-refractivity contribution in [2.24, 2.45) is 0 Å². The highest BCUT2D eigenvalue weighted by Gasteiger charge is 2.46. The van der Waals surface area contributed by atoms with Crippen LogP contribution in [0.25, 0.3) is 0 Å². The van der Waals surface area contributed by atoms with Gasteiger partial charge in [0.25, 0.3) is 5.69 Å². The maximum atomic E-state index is 12.5. The first kappa shape index (κ1) is 18.9. The van der Waals surface area contributed by atoms with Gasteiger partial charge in [0.15, 0.2) is 0 Å². The molecule has 1 aromatic heterocycles. The van der Waals surface area contributed by atoms with Crippen LogP contribution in [0.1, 0.15) is 34.6 Å². The summed E-state index contributed by atoms with van der Waals surface area (Å²) in [5.41, 5.74) is -1.56. The highest BCUT2D eigenvalue weighted by atomic mass is 16.6. The van der Waals surface area contributed by atoms with Crippen molar-refractivity contribution < 1.29 is 23.9 Å². The minimum absolute atomic E-state index is 0.118. The summed E-state index contributed by atoms with van der Waals surface area (Å²) in [6.45, 7) is 9.36. The van der Waals surface area contributed by atoms with Gasteiger partial charge in [0, 0.05) is 12.1 Å². The van der Waals surface area contributed by atoms with Gasteiger partial charge in [-0.3, -0.25) is 15.0 Å². The Morgan fingerprint density at radius 1 is 1.48 bits per heavy atom. The number of ether oxygens (including phenoxy) is 3. The summed E-state index contributed by atoms with van der Waals surface area (Å²) < 4.78 is 16.7. The van der Waals surface area contributed by atoms with E-state index in [1.54, 1.807) is 34.6 Å². The van der Waals surface area contributed by atoms with E-state index in [0.717, 1.165) is 6.20 Å². The molecule has 9 nitrogen and oxygen atoms in total. The average Bonchev–Trinajstić information content (AvgIpc) is 2.78. The van der Waals surface area contributed by atoms with Crippen LogP contribution in [-0.2, 0) is 9.47 Å². The molecule has 1 aromatic rings. The molecule has 9 heteroatoms. The molecule has 0 unspecified atom stereocenters. The van der Waals surface area contributed by atoms with Crippen molar-refractivity contribution in [3.05, 3.63) is 28.4 Å². The van der Waals surface area contributed by atoms with Gasteiger partial charge in [-0.15, -0.1) is 0 Å². The first-order valence-electron chi connectivity index (χ1n) is 7.89. The van der Waals surface area contributed by atoms with Gasteiger partial charge in [0.1, 0.15) is 24.1 Å². The van der Waals surface area contributed by atoms with Crippen LogP contribution < -0.4 is 4.74 Å². The largest absolute Gasteiger partial charge is 0.475 e. The monoisotopic (exact) mass is 353 g/mol. The molecule has 0 N–H and O–H groups in total. The molecule has 1 atom stereocenters. The second-order valence-electron chi connectivity index (χ2n) is 7.18. The standard InChI is InChI=1S/C16H23N3O6/c1-15(2,3)25-14(20)18-12(10-24-16(18,4)5)9-23-13-7-6-11(8-17-13)19(21)22/h6-8,12H,9-10H2,1-5H3/t12-/m1/s1. The smallest absolute Gasteiger partial charge is 0.413 e. The van der Waals surface area contributed by atoms with Crippen LogP contribution in [0.3, 0.4) is 0 Å². The van der Waals surface area contributed by atoms with Gasteiger partial charge in [-0.2, -0.15) is 0 Å². The molecule has 0 spiro atoms. The van der Waals surface area contributed by atoms with Crippen LogP contribution in [0.5, 0.6) is 5.88 Å². The van der Waals surface area contributed by atoms with Gasteiger partial charge in [0.2, 0.25) is 5.88 Å². The van der Waals surface area contributed by atoms with Crippen molar-refractivity contribution in [1.29, 1.82) is 0 Å². The molecule has 25 heavy (non-hydrogen) atoms. The number of carbonyl (C=O) groups excluding carboxylic acids is 1. The van der Waals surface area contributed by atoms with E-state index in [0.29, 0.717) is 6.61 Å². The summed E-state index contributed by atoms with van der Waals surface area (Å²) in [5.74, 6) is 0.236. The van der Waals surface area contributed by atoms with Crippen molar-refractivity contribution in [3.8, 4) is 5.88 Å². The Labute approximate surface area is 146 Å². The Kier molecular flexibility index (Phi) is 5.17. The number of hydrogen-bond acceptors (Lipinski definition) is 7. The Morgan fingerprint density at radius 2 is 2.16 bits per heavy atom. The summed E-state index contributed by atoms with van der Waals surface area (Å²) >= 11 is 0. The molecule has 138 valence electrons. The topological polar surface area (TPSA) is 104 Å². The Balaban J connectivity index is 2.04. The first-order chi connectivity index (χ1) is 11.5. The number of hydrogen-bond donors (Lipinski definition) is 0. The summed E-state index contributed by atoms with van der Waals surface area (Å²) in [6.07, 6.45) is 0.635. The van der Waals surface area contributed by atoms with Crippen LogP contribution >= 0.6 is 0 Å². The van der Waals surface area contributed by atoms with E-state index in [1.165, 1.54) is 17.0 Å². The molecule has 1 aliphatic heterocycles. The maximum absolute atomic E-state index is 12.5. The van der Waals surface area contributed by atoms with Crippen molar-refractivity contribution in [1.82, 2.24) is 9.88 Å². The molecule has 1 aliphatic rings. The number of rotatable bonds is 4. The van der Waals surface area contributed by atoms with E-state index in [2.05, 4.69) is 4.98 Å². The first-order valence-corrected chi connectivity index (χ1v) is 7.89. The molecular formula is C16H23N3O6. The van der Waals surface area contributed by atoms with E-state index >= 15 is 0 Å². The normalized spacial score (nSPS) is 19.6.